The van der Waals surface area contributed by atoms with Crippen LogP contribution < -0.4 is 5.32 Å². The number of carbonyl (C=O) groups excluding carboxylic acids is 1. The zero-order chi connectivity index (χ0) is 19.5. The van der Waals surface area contributed by atoms with E-state index in [-0.39, 0.29) is 11.9 Å². The highest BCUT2D eigenvalue weighted by Gasteiger charge is 2.19. The van der Waals surface area contributed by atoms with Crippen molar-refractivity contribution in [2.24, 2.45) is 0 Å². The third-order valence-corrected chi connectivity index (χ3v) is 5.24. The first kappa shape index (κ1) is 18.4. The van der Waals surface area contributed by atoms with Crippen LogP contribution in [0.1, 0.15) is 34.7 Å². The van der Waals surface area contributed by atoms with Crippen LogP contribution in [0.25, 0.3) is 11.0 Å². The molecule has 1 atom stereocenters. The van der Waals surface area contributed by atoms with E-state index in [2.05, 4.69) is 44.0 Å². The smallest absolute Gasteiger partial charge is 0.251 e. The molecule has 0 saturated heterocycles. The van der Waals surface area contributed by atoms with E-state index >= 15 is 0 Å². The van der Waals surface area contributed by atoms with Crippen LogP contribution >= 0.6 is 15.9 Å². The van der Waals surface area contributed by atoms with Gasteiger partial charge in [-0.15, -0.1) is 0 Å². The number of carbonyl (C=O) groups is 1. The van der Waals surface area contributed by atoms with E-state index in [9.17, 15) is 4.79 Å². The lowest BCUT2D eigenvalue weighted by Crippen LogP contribution is -2.28. The van der Waals surface area contributed by atoms with Crippen LogP contribution in [0.3, 0.4) is 0 Å². The summed E-state index contributed by atoms with van der Waals surface area (Å²) < 4.78 is 3.23. The number of imidazole rings is 1. The number of aromatic nitrogens is 2. The van der Waals surface area contributed by atoms with Gasteiger partial charge in [-0.05, 0) is 48.9 Å². The number of para-hydroxylation sites is 2. The third-order valence-electron chi connectivity index (χ3n) is 4.71. The summed E-state index contributed by atoms with van der Waals surface area (Å²) in [6.45, 7) is 2.66. The van der Waals surface area contributed by atoms with Crippen LogP contribution in [0, 0.1) is 0 Å². The van der Waals surface area contributed by atoms with Gasteiger partial charge in [-0.3, -0.25) is 4.79 Å². The molecule has 140 valence electrons. The summed E-state index contributed by atoms with van der Waals surface area (Å²) in [7, 11) is 0. The maximum Gasteiger partial charge on any atom is 0.251 e. The molecule has 1 heterocycles. The number of benzene rings is 3. The monoisotopic (exact) mass is 433 g/mol. The summed E-state index contributed by atoms with van der Waals surface area (Å²) in [6, 6.07) is 25.3. The van der Waals surface area contributed by atoms with Gasteiger partial charge in [0.15, 0.2) is 0 Å². The summed E-state index contributed by atoms with van der Waals surface area (Å²) in [6.07, 6.45) is 0. The Kier molecular flexibility index (Phi) is 5.26. The minimum Gasteiger partial charge on any atom is -0.342 e. The van der Waals surface area contributed by atoms with Gasteiger partial charge in [0.05, 0.1) is 17.1 Å². The lowest BCUT2D eigenvalue weighted by Gasteiger charge is -2.16. The molecule has 0 radical (unpaired) electrons. The molecule has 0 aliphatic rings. The second kappa shape index (κ2) is 7.98. The summed E-state index contributed by atoms with van der Waals surface area (Å²) in [5.41, 5.74) is 3.80. The molecule has 0 aliphatic heterocycles. The Morgan fingerprint density at radius 2 is 1.68 bits per heavy atom. The molecule has 0 aliphatic carbocycles. The number of amides is 1. The zero-order valence-corrected chi connectivity index (χ0v) is 17.1. The lowest BCUT2D eigenvalue weighted by atomic mass is 10.2. The molecule has 0 bridgehead atoms. The third kappa shape index (κ3) is 3.85. The van der Waals surface area contributed by atoms with E-state index in [1.54, 1.807) is 0 Å². The van der Waals surface area contributed by atoms with Gasteiger partial charge in [0, 0.05) is 16.6 Å². The number of nitrogens with zero attached hydrogens (tertiary/aromatic N) is 2. The van der Waals surface area contributed by atoms with E-state index in [0.717, 1.165) is 21.3 Å². The van der Waals surface area contributed by atoms with Gasteiger partial charge >= 0.3 is 0 Å². The van der Waals surface area contributed by atoms with Gasteiger partial charge in [-0.2, -0.15) is 0 Å². The van der Waals surface area contributed by atoms with Gasteiger partial charge in [-0.1, -0.05) is 58.4 Å². The molecule has 28 heavy (non-hydrogen) atoms. The highest BCUT2D eigenvalue weighted by Crippen LogP contribution is 2.23. The highest BCUT2D eigenvalue weighted by atomic mass is 79.9. The van der Waals surface area contributed by atoms with Crippen molar-refractivity contribution in [2.75, 3.05) is 0 Å². The average molecular weight is 434 g/mol. The molecule has 3 aromatic carbocycles. The maximum atomic E-state index is 12.6. The van der Waals surface area contributed by atoms with Gasteiger partial charge in [0.2, 0.25) is 0 Å². The van der Waals surface area contributed by atoms with Crippen molar-refractivity contribution in [2.45, 2.75) is 19.5 Å². The molecule has 4 nitrogen and oxygen atoms in total. The number of halogens is 1. The minimum atomic E-state index is -0.226. The number of fused-ring (bicyclic) bond motifs is 1. The standard InChI is InChI=1S/C23H20BrN3O/c1-16(25-23(28)18-7-3-2-4-8-18)22-26-20-9-5-6-10-21(20)27(22)15-17-11-13-19(24)14-12-17/h2-14,16H,15H2,1H3,(H,25,28). The fraction of sp³-hybridized carbons (Fsp3) is 0.130. The van der Waals surface area contributed by atoms with Crippen LogP contribution in [0.15, 0.2) is 83.3 Å². The maximum absolute atomic E-state index is 12.6. The summed E-state index contributed by atoms with van der Waals surface area (Å²) in [5, 5.41) is 3.08. The minimum absolute atomic E-state index is 0.102. The Hall–Kier alpha value is -2.92. The van der Waals surface area contributed by atoms with E-state index in [0.29, 0.717) is 12.1 Å². The van der Waals surface area contributed by atoms with E-state index < -0.39 is 0 Å². The molecule has 1 aromatic heterocycles. The van der Waals surface area contributed by atoms with E-state index in [1.807, 2.05) is 67.6 Å². The second-order valence-electron chi connectivity index (χ2n) is 6.73. The quantitative estimate of drug-likeness (QED) is 0.461. The largest absolute Gasteiger partial charge is 0.342 e. The number of nitrogens with one attached hydrogen (secondary N) is 1. The van der Waals surface area contributed by atoms with Crippen LogP contribution in [0.2, 0.25) is 0 Å². The first-order chi connectivity index (χ1) is 13.6. The van der Waals surface area contributed by atoms with Gasteiger partial charge in [0.25, 0.3) is 5.91 Å². The Balaban J connectivity index is 1.67. The molecule has 1 N–H and O–H groups in total. The van der Waals surface area contributed by atoms with Crippen molar-refractivity contribution in [3.63, 3.8) is 0 Å². The lowest BCUT2D eigenvalue weighted by molar-refractivity contribution is 0.0938. The molecule has 1 amide bonds. The Morgan fingerprint density at radius 1 is 1.00 bits per heavy atom. The SMILES string of the molecule is CC(NC(=O)c1ccccc1)c1nc2ccccc2n1Cc1ccc(Br)cc1. The van der Waals surface area contributed by atoms with Crippen molar-refractivity contribution in [1.82, 2.24) is 14.9 Å². The zero-order valence-electron chi connectivity index (χ0n) is 15.5. The molecular formula is C23H20BrN3O. The molecule has 4 aromatic rings. The van der Waals surface area contributed by atoms with Crippen molar-refractivity contribution in [1.29, 1.82) is 0 Å². The molecular weight excluding hydrogens is 414 g/mol. The van der Waals surface area contributed by atoms with Gasteiger partial charge < -0.3 is 9.88 Å². The van der Waals surface area contributed by atoms with Crippen molar-refractivity contribution in [3.8, 4) is 0 Å². The topological polar surface area (TPSA) is 46.9 Å². The number of rotatable bonds is 5. The normalized spacial score (nSPS) is 12.1. The average Bonchev–Trinajstić information content (AvgIpc) is 3.09. The van der Waals surface area contributed by atoms with Crippen LogP contribution in [0.5, 0.6) is 0 Å². The predicted octanol–water partition coefficient (Wildman–Crippen LogP) is 5.34. The molecule has 1 unspecified atom stereocenters. The summed E-state index contributed by atoms with van der Waals surface area (Å²) in [4.78, 5) is 17.4. The van der Waals surface area contributed by atoms with E-state index in [4.69, 9.17) is 4.98 Å². The number of hydrogen-bond acceptors (Lipinski definition) is 2. The molecule has 4 rings (SSSR count). The molecule has 0 fully saturated rings. The second-order valence-corrected chi connectivity index (χ2v) is 7.65. The van der Waals surface area contributed by atoms with Crippen molar-refractivity contribution in [3.05, 3.63) is 100 Å². The van der Waals surface area contributed by atoms with E-state index in [1.165, 1.54) is 5.56 Å². The Bertz CT molecular complexity index is 1100. The predicted molar refractivity (Wildman–Crippen MR) is 115 cm³/mol. The molecule has 0 saturated carbocycles. The highest BCUT2D eigenvalue weighted by molar-refractivity contribution is 9.10. The fourth-order valence-corrected chi connectivity index (χ4v) is 3.56. The molecule has 5 heteroatoms. The van der Waals surface area contributed by atoms with Crippen LogP contribution in [0.4, 0.5) is 0 Å². The Labute approximate surface area is 172 Å². The van der Waals surface area contributed by atoms with Crippen LogP contribution in [-0.4, -0.2) is 15.5 Å². The van der Waals surface area contributed by atoms with Crippen molar-refractivity contribution >= 4 is 32.9 Å². The van der Waals surface area contributed by atoms with Crippen molar-refractivity contribution < 1.29 is 4.79 Å². The summed E-state index contributed by atoms with van der Waals surface area (Å²) in [5.74, 6) is 0.740. The Morgan fingerprint density at radius 3 is 2.43 bits per heavy atom. The molecule has 0 spiro atoms. The number of hydrogen-bond donors (Lipinski definition) is 1. The summed E-state index contributed by atoms with van der Waals surface area (Å²) >= 11 is 3.48. The van der Waals surface area contributed by atoms with Crippen LogP contribution in [-0.2, 0) is 6.54 Å². The first-order valence-electron chi connectivity index (χ1n) is 9.17. The fourth-order valence-electron chi connectivity index (χ4n) is 3.30. The van der Waals surface area contributed by atoms with Gasteiger partial charge in [0.1, 0.15) is 5.82 Å². The first-order valence-corrected chi connectivity index (χ1v) is 9.96. The van der Waals surface area contributed by atoms with Gasteiger partial charge in [-0.25, -0.2) is 4.98 Å².